The summed E-state index contributed by atoms with van der Waals surface area (Å²) in [5.41, 5.74) is 2.39. The van der Waals surface area contributed by atoms with Gasteiger partial charge in [-0.1, -0.05) is 12.1 Å². The number of ether oxygens (including phenoxy) is 1. The summed E-state index contributed by atoms with van der Waals surface area (Å²) >= 11 is 0. The highest BCUT2D eigenvalue weighted by molar-refractivity contribution is 5.34. The molecule has 0 saturated carbocycles. The molecule has 0 saturated heterocycles. The van der Waals surface area contributed by atoms with Crippen molar-refractivity contribution in [2.24, 2.45) is 0 Å². The Morgan fingerprint density at radius 3 is 2.95 bits per heavy atom. The van der Waals surface area contributed by atoms with Crippen molar-refractivity contribution in [2.45, 2.75) is 6.54 Å². The molecule has 2 aromatic rings. The maximum absolute atomic E-state index is 5.01. The van der Waals surface area contributed by atoms with E-state index in [1.54, 1.807) is 13.3 Å². The Balaban J connectivity index is 1.81. The van der Waals surface area contributed by atoms with Gasteiger partial charge in [0.1, 0.15) is 0 Å². The van der Waals surface area contributed by atoms with Gasteiger partial charge in [-0.25, -0.2) is 4.68 Å². The van der Waals surface area contributed by atoms with E-state index in [0.29, 0.717) is 0 Å². The van der Waals surface area contributed by atoms with E-state index in [9.17, 15) is 0 Å². The van der Waals surface area contributed by atoms with E-state index in [-0.39, 0.29) is 0 Å². The minimum absolute atomic E-state index is 0.760. The third-order valence-corrected chi connectivity index (χ3v) is 3.29. The molecule has 5 heteroatoms. The fourth-order valence-corrected chi connectivity index (χ4v) is 2.18. The molecule has 0 bridgehead atoms. The zero-order valence-corrected chi connectivity index (χ0v) is 12.8. The highest BCUT2D eigenvalue weighted by atomic mass is 16.5. The molecule has 0 aliphatic heterocycles. The summed E-state index contributed by atoms with van der Waals surface area (Å²) in [4.78, 5) is 2.31. The molecule has 0 aliphatic carbocycles. The first-order valence-electron chi connectivity index (χ1n) is 7.27. The highest BCUT2D eigenvalue weighted by Crippen LogP contribution is 2.11. The van der Waals surface area contributed by atoms with Crippen LogP contribution in [-0.4, -0.2) is 55.1 Å². The van der Waals surface area contributed by atoms with Crippen molar-refractivity contribution >= 4 is 0 Å². The topological polar surface area (TPSA) is 42.3 Å². The van der Waals surface area contributed by atoms with Gasteiger partial charge in [0.15, 0.2) is 0 Å². The number of benzene rings is 1. The number of hydrogen-bond acceptors (Lipinski definition) is 4. The van der Waals surface area contributed by atoms with Crippen LogP contribution in [0.4, 0.5) is 0 Å². The van der Waals surface area contributed by atoms with Gasteiger partial charge in [0, 0.05) is 45.7 Å². The molecule has 0 atom stereocenters. The second kappa shape index (κ2) is 8.56. The van der Waals surface area contributed by atoms with Gasteiger partial charge in [-0.2, -0.15) is 5.10 Å². The monoisotopic (exact) mass is 288 g/mol. The van der Waals surface area contributed by atoms with Crippen molar-refractivity contribution in [1.82, 2.24) is 20.0 Å². The van der Waals surface area contributed by atoms with Crippen LogP contribution in [0.3, 0.4) is 0 Å². The van der Waals surface area contributed by atoms with Crippen LogP contribution < -0.4 is 5.32 Å². The minimum atomic E-state index is 0.760. The molecule has 0 amide bonds. The van der Waals surface area contributed by atoms with Crippen molar-refractivity contribution in [3.63, 3.8) is 0 Å². The van der Waals surface area contributed by atoms with Gasteiger partial charge in [-0.3, -0.25) is 0 Å². The van der Waals surface area contributed by atoms with E-state index < -0.39 is 0 Å². The van der Waals surface area contributed by atoms with E-state index in [0.717, 1.165) is 38.5 Å². The Hall–Kier alpha value is -1.69. The normalized spacial score (nSPS) is 11.2. The SMILES string of the molecule is COCCNCCN(C)Cc1cccc(-n2cccn2)c1. The number of rotatable bonds is 9. The lowest BCUT2D eigenvalue weighted by Gasteiger charge is -2.17. The van der Waals surface area contributed by atoms with Crippen LogP contribution in [0.15, 0.2) is 42.7 Å². The Kier molecular flexibility index (Phi) is 6.40. The molecule has 114 valence electrons. The zero-order valence-electron chi connectivity index (χ0n) is 12.8. The molecule has 0 unspecified atom stereocenters. The lowest BCUT2D eigenvalue weighted by atomic mass is 10.2. The van der Waals surface area contributed by atoms with Gasteiger partial charge in [-0.15, -0.1) is 0 Å². The summed E-state index contributed by atoms with van der Waals surface area (Å²) < 4.78 is 6.89. The Labute approximate surface area is 126 Å². The van der Waals surface area contributed by atoms with Crippen molar-refractivity contribution in [3.05, 3.63) is 48.3 Å². The van der Waals surface area contributed by atoms with Gasteiger partial charge in [0.05, 0.1) is 12.3 Å². The van der Waals surface area contributed by atoms with E-state index in [4.69, 9.17) is 4.74 Å². The van der Waals surface area contributed by atoms with Gasteiger partial charge >= 0.3 is 0 Å². The lowest BCUT2D eigenvalue weighted by molar-refractivity contribution is 0.197. The first-order valence-corrected chi connectivity index (χ1v) is 7.27. The molecule has 0 fully saturated rings. The third-order valence-electron chi connectivity index (χ3n) is 3.29. The first kappa shape index (κ1) is 15.7. The fraction of sp³-hybridized carbons (Fsp3) is 0.438. The Morgan fingerprint density at radius 2 is 2.19 bits per heavy atom. The number of methoxy groups -OCH3 is 1. The summed E-state index contributed by atoms with van der Waals surface area (Å²) in [7, 11) is 3.86. The van der Waals surface area contributed by atoms with Crippen LogP contribution in [-0.2, 0) is 11.3 Å². The van der Waals surface area contributed by atoms with Gasteiger partial charge in [0.2, 0.25) is 0 Å². The number of nitrogens with zero attached hydrogens (tertiary/aromatic N) is 3. The summed E-state index contributed by atoms with van der Waals surface area (Å²) in [5.74, 6) is 0. The third kappa shape index (κ3) is 5.30. The van der Waals surface area contributed by atoms with E-state index in [1.165, 1.54) is 5.56 Å². The Morgan fingerprint density at radius 1 is 1.29 bits per heavy atom. The van der Waals surface area contributed by atoms with E-state index >= 15 is 0 Å². The molecule has 0 spiro atoms. The van der Waals surface area contributed by atoms with Crippen LogP contribution in [0.1, 0.15) is 5.56 Å². The average molecular weight is 288 g/mol. The molecular formula is C16H24N4O. The second-order valence-electron chi connectivity index (χ2n) is 5.10. The number of likely N-dealkylation sites (N-methyl/N-ethyl adjacent to an activating group) is 1. The average Bonchev–Trinajstić information content (AvgIpc) is 3.01. The van der Waals surface area contributed by atoms with Crippen molar-refractivity contribution in [3.8, 4) is 5.69 Å². The first-order chi connectivity index (χ1) is 10.3. The smallest absolute Gasteiger partial charge is 0.0648 e. The Bertz CT molecular complexity index is 513. The van der Waals surface area contributed by atoms with Gasteiger partial charge < -0.3 is 15.0 Å². The molecule has 5 nitrogen and oxygen atoms in total. The maximum Gasteiger partial charge on any atom is 0.0648 e. The molecule has 1 N–H and O–H groups in total. The predicted molar refractivity (Wildman–Crippen MR) is 84.6 cm³/mol. The number of nitrogens with one attached hydrogen (secondary N) is 1. The minimum Gasteiger partial charge on any atom is -0.383 e. The predicted octanol–water partition coefficient (Wildman–Crippen LogP) is 1.54. The highest BCUT2D eigenvalue weighted by Gasteiger charge is 2.02. The molecular weight excluding hydrogens is 264 g/mol. The summed E-state index contributed by atoms with van der Waals surface area (Å²) in [5, 5.41) is 7.62. The fourth-order valence-electron chi connectivity index (χ4n) is 2.18. The van der Waals surface area contributed by atoms with Crippen LogP contribution in [0.5, 0.6) is 0 Å². The lowest BCUT2D eigenvalue weighted by Crippen LogP contribution is -2.30. The van der Waals surface area contributed by atoms with Gasteiger partial charge in [0.25, 0.3) is 0 Å². The summed E-state index contributed by atoms with van der Waals surface area (Å²) in [6, 6.07) is 10.4. The summed E-state index contributed by atoms with van der Waals surface area (Å²) in [6.07, 6.45) is 3.76. The molecule has 1 aromatic heterocycles. The largest absolute Gasteiger partial charge is 0.383 e. The standard InChI is InChI=1S/C16H24N4O/c1-19(11-8-17-9-12-21-2)14-15-5-3-6-16(13-15)20-10-4-7-18-20/h3-7,10,13,17H,8-9,11-12,14H2,1-2H3. The number of hydrogen-bond donors (Lipinski definition) is 1. The molecule has 1 aromatic carbocycles. The zero-order chi connectivity index (χ0) is 14.9. The molecule has 0 aliphatic rings. The van der Waals surface area contributed by atoms with Crippen LogP contribution in [0.2, 0.25) is 0 Å². The van der Waals surface area contributed by atoms with Crippen molar-refractivity contribution in [2.75, 3.05) is 40.4 Å². The van der Waals surface area contributed by atoms with E-state index in [1.807, 2.05) is 16.9 Å². The van der Waals surface area contributed by atoms with Crippen molar-refractivity contribution < 1.29 is 4.74 Å². The number of aromatic nitrogens is 2. The molecule has 1 heterocycles. The van der Waals surface area contributed by atoms with Crippen LogP contribution in [0, 0.1) is 0 Å². The van der Waals surface area contributed by atoms with Crippen molar-refractivity contribution in [1.29, 1.82) is 0 Å². The summed E-state index contributed by atoms with van der Waals surface area (Å²) in [6.45, 7) is 4.57. The quantitative estimate of drug-likeness (QED) is 0.711. The molecule has 21 heavy (non-hydrogen) atoms. The second-order valence-corrected chi connectivity index (χ2v) is 5.10. The van der Waals surface area contributed by atoms with Crippen LogP contribution >= 0.6 is 0 Å². The molecule has 2 rings (SSSR count). The van der Waals surface area contributed by atoms with Gasteiger partial charge in [-0.05, 0) is 30.8 Å². The molecule has 0 radical (unpaired) electrons. The maximum atomic E-state index is 5.01. The van der Waals surface area contributed by atoms with E-state index in [2.05, 4.69) is 46.6 Å². The van der Waals surface area contributed by atoms with Crippen LogP contribution in [0.25, 0.3) is 5.69 Å².